The average Bonchev–Trinajstić information content (AvgIpc) is 3.42. The summed E-state index contributed by atoms with van der Waals surface area (Å²) in [5.41, 5.74) is 1.71. The number of rotatable bonds is 6. The average molecular weight is 400 g/mol. The van der Waals surface area contributed by atoms with Crippen LogP contribution in [-0.2, 0) is 4.79 Å². The first-order chi connectivity index (χ1) is 13.1. The van der Waals surface area contributed by atoms with Crippen molar-refractivity contribution in [3.63, 3.8) is 0 Å². The molecule has 8 heteroatoms. The summed E-state index contributed by atoms with van der Waals surface area (Å²) in [6, 6.07) is 17.1. The number of hydrogen-bond acceptors (Lipinski definition) is 5. The molecule has 0 radical (unpaired) electrons. The third-order valence-corrected chi connectivity index (χ3v) is 5.72. The van der Waals surface area contributed by atoms with Gasteiger partial charge in [-0.05, 0) is 42.7 Å². The Hall–Kier alpha value is -2.51. The van der Waals surface area contributed by atoms with Crippen LogP contribution in [-0.4, -0.2) is 26.8 Å². The highest BCUT2D eigenvalue weighted by Crippen LogP contribution is 2.36. The molecule has 0 spiro atoms. The van der Waals surface area contributed by atoms with E-state index in [2.05, 4.69) is 15.5 Å². The van der Waals surface area contributed by atoms with Crippen molar-refractivity contribution in [2.45, 2.75) is 29.3 Å². The zero-order chi connectivity index (χ0) is 18.8. The van der Waals surface area contributed by atoms with Gasteiger partial charge in [0, 0.05) is 16.6 Å². The summed E-state index contributed by atoms with van der Waals surface area (Å²) in [5.74, 6) is 6.70. The highest BCUT2D eigenvalue weighted by Gasteiger charge is 2.30. The molecule has 1 amide bonds. The molecule has 0 saturated heterocycles. The van der Waals surface area contributed by atoms with Gasteiger partial charge in [-0.15, -0.1) is 10.2 Å². The predicted octanol–water partition coefficient (Wildman–Crippen LogP) is 3.42. The quantitative estimate of drug-likeness (QED) is 0.490. The van der Waals surface area contributed by atoms with Crippen LogP contribution in [0.25, 0.3) is 11.4 Å². The van der Waals surface area contributed by atoms with Crippen molar-refractivity contribution in [2.75, 3.05) is 5.84 Å². The van der Waals surface area contributed by atoms with Gasteiger partial charge in [-0.2, -0.15) is 0 Å². The summed E-state index contributed by atoms with van der Waals surface area (Å²) in [4.78, 5) is 12.8. The van der Waals surface area contributed by atoms with Crippen LogP contribution in [0, 0.1) is 0 Å². The van der Waals surface area contributed by atoms with Crippen LogP contribution < -0.4 is 11.2 Å². The number of thioether (sulfide) groups is 1. The van der Waals surface area contributed by atoms with Crippen LogP contribution in [0.2, 0.25) is 5.02 Å². The normalized spacial score (nSPS) is 14.7. The second-order valence-electron chi connectivity index (χ2n) is 6.37. The van der Waals surface area contributed by atoms with Gasteiger partial charge in [0.1, 0.15) is 5.25 Å². The van der Waals surface area contributed by atoms with Gasteiger partial charge in [0.15, 0.2) is 5.82 Å². The van der Waals surface area contributed by atoms with Gasteiger partial charge in [-0.1, -0.05) is 53.7 Å². The number of benzene rings is 2. The maximum Gasteiger partial charge on any atom is 0.238 e. The van der Waals surface area contributed by atoms with Gasteiger partial charge in [-0.3, -0.25) is 4.79 Å². The maximum absolute atomic E-state index is 12.8. The van der Waals surface area contributed by atoms with E-state index in [-0.39, 0.29) is 11.9 Å². The lowest BCUT2D eigenvalue weighted by Gasteiger charge is -2.16. The topological polar surface area (TPSA) is 85.8 Å². The summed E-state index contributed by atoms with van der Waals surface area (Å²) in [6.45, 7) is 0. The first-order valence-electron chi connectivity index (χ1n) is 8.60. The Morgan fingerprint density at radius 3 is 2.52 bits per heavy atom. The minimum atomic E-state index is -0.448. The van der Waals surface area contributed by atoms with Gasteiger partial charge < -0.3 is 11.2 Å². The molecule has 1 atom stereocenters. The second kappa shape index (κ2) is 7.62. The molecular weight excluding hydrogens is 382 g/mol. The minimum absolute atomic E-state index is 0.0373. The molecule has 3 N–H and O–H groups in total. The second-order valence-corrected chi connectivity index (χ2v) is 7.88. The summed E-state index contributed by atoms with van der Waals surface area (Å²) in [7, 11) is 0. The molecule has 4 rings (SSSR count). The van der Waals surface area contributed by atoms with E-state index in [4.69, 9.17) is 17.4 Å². The van der Waals surface area contributed by atoms with E-state index in [0.29, 0.717) is 16.0 Å². The summed E-state index contributed by atoms with van der Waals surface area (Å²) >= 11 is 7.23. The molecule has 138 valence electrons. The van der Waals surface area contributed by atoms with Crippen molar-refractivity contribution in [3.05, 3.63) is 65.2 Å². The first kappa shape index (κ1) is 17.9. The van der Waals surface area contributed by atoms with E-state index < -0.39 is 5.25 Å². The van der Waals surface area contributed by atoms with Gasteiger partial charge in [0.25, 0.3) is 0 Å². The van der Waals surface area contributed by atoms with Gasteiger partial charge >= 0.3 is 0 Å². The molecular formula is C19H18ClN5OS. The molecule has 1 heterocycles. The minimum Gasteiger partial charge on any atom is -0.352 e. The largest absolute Gasteiger partial charge is 0.352 e. The third kappa shape index (κ3) is 4.09. The SMILES string of the molecule is Nn1c(S[C@H](C(=O)NC2CC2)c2ccccc2)nnc1-c1ccc(Cl)cc1. The van der Waals surface area contributed by atoms with Crippen LogP contribution in [0.1, 0.15) is 23.7 Å². The van der Waals surface area contributed by atoms with Crippen molar-refractivity contribution < 1.29 is 4.79 Å². The number of nitrogens with two attached hydrogens (primary N) is 1. The molecule has 6 nitrogen and oxygen atoms in total. The fourth-order valence-electron chi connectivity index (χ4n) is 2.66. The number of nitrogens with zero attached hydrogens (tertiary/aromatic N) is 3. The van der Waals surface area contributed by atoms with E-state index in [1.807, 2.05) is 42.5 Å². The summed E-state index contributed by atoms with van der Waals surface area (Å²) < 4.78 is 1.41. The van der Waals surface area contributed by atoms with Gasteiger partial charge in [-0.25, -0.2) is 4.68 Å². The van der Waals surface area contributed by atoms with Crippen LogP contribution in [0.5, 0.6) is 0 Å². The maximum atomic E-state index is 12.8. The third-order valence-electron chi connectivity index (χ3n) is 4.25. The van der Waals surface area contributed by atoms with Crippen molar-refractivity contribution in [1.29, 1.82) is 0 Å². The fourth-order valence-corrected chi connectivity index (χ4v) is 3.76. The van der Waals surface area contributed by atoms with E-state index in [1.54, 1.807) is 12.1 Å². The molecule has 1 aliphatic rings. The summed E-state index contributed by atoms with van der Waals surface area (Å²) in [5, 5.41) is 12.1. The monoisotopic (exact) mass is 399 g/mol. The lowest BCUT2D eigenvalue weighted by molar-refractivity contribution is -0.120. The van der Waals surface area contributed by atoms with Crippen molar-refractivity contribution in [1.82, 2.24) is 20.2 Å². The van der Waals surface area contributed by atoms with Crippen LogP contribution in [0.15, 0.2) is 59.8 Å². The summed E-state index contributed by atoms with van der Waals surface area (Å²) in [6.07, 6.45) is 2.07. The van der Waals surface area contributed by atoms with E-state index in [0.717, 1.165) is 24.0 Å². The number of hydrogen-bond donors (Lipinski definition) is 2. The molecule has 1 saturated carbocycles. The smallest absolute Gasteiger partial charge is 0.238 e. The fraction of sp³-hybridized carbons (Fsp3) is 0.211. The predicted molar refractivity (Wildman–Crippen MR) is 107 cm³/mol. The van der Waals surface area contributed by atoms with Crippen LogP contribution in [0.4, 0.5) is 0 Å². The number of carbonyl (C=O) groups excluding carboxylic acids is 1. The standard InChI is InChI=1S/C19H18ClN5OS/c20-14-8-6-13(7-9-14)17-23-24-19(25(17)21)27-16(12-4-2-1-3-5-12)18(26)22-15-10-11-15/h1-9,15-16H,10-11,21H2,(H,22,26)/t16-/m0/s1. The number of aromatic nitrogens is 3. The van der Waals surface area contributed by atoms with Crippen molar-refractivity contribution >= 4 is 29.3 Å². The van der Waals surface area contributed by atoms with Crippen LogP contribution in [0.3, 0.4) is 0 Å². The Kier molecular flexibility index (Phi) is 5.05. The molecule has 0 aliphatic heterocycles. The Bertz CT molecular complexity index is 940. The zero-order valence-electron chi connectivity index (χ0n) is 14.4. The Labute approximate surface area is 166 Å². The molecule has 1 fully saturated rings. The Balaban J connectivity index is 1.61. The number of amides is 1. The Morgan fingerprint density at radius 2 is 1.85 bits per heavy atom. The van der Waals surface area contributed by atoms with Crippen molar-refractivity contribution in [3.8, 4) is 11.4 Å². The zero-order valence-corrected chi connectivity index (χ0v) is 16.0. The van der Waals surface area contributed by atoms with Gasteiger partial charge in [0.05, 0.1) is 0 Å². The number of nitrogen functional groups attached to an aromatic ring is 1. The molecule has 1 aliphatic carbocycles. The van der Waals surface area contributed by atoms with E-state index in [9.17, 15) is 4.79 Å². The highest BCUT2D eigenvalue weighted by atomic mass is 35.5. The molecule has 1 aromatic heterocycles. The lowest BCUT2D eigenvalue weighted by atomic mass is 10.1. The van der Waals surface area contributed by atoms with E-state index >= 15 is 0 Å². The van der Waals surface area contributed by atoms with Crippen LogP contribution >= 0.6 is 23.4 Å². The number of nitrogens with one attached hydrogen (secondary N) is 1. The van der Waals surface area contributed by atoms with Crippen molar-refractivity contribution in [2.24, 2.45) is 0 Å². The number of halogens is 1. The lowest BCUT2D eigenvalue weighted by Crippen LogP contribution is -2.30. The molecule has 3 aromatic rings. The first-order valence-corrected chi connectivity index (χ1v) is 9.86. The van der Waals surface area contributed by atoms with Gasteiger partial charge in [0.2, 0.25) is 11.1 Å². The van der Waals surface area contributed by atoms with E-state index in [1.165, 1.54) is 16.4 Å². The molecule has 0 bridgehead atoms. The molecule has 27 heavy (non-hydrogen) atoms. The highest BCUT2D eigenvalue weighted by molar-refractivity contribution is 8.00. The number of carbonyl (C=O) groups is 1. The Morgan fingerprint density at radius 1 is 1.15 bits per heavy atom. The molecule has 0 unspecified atom stereocenters. The molecule has 2 aromatic carbocycles.